The van der Waals surface area contributed by atoms with Crippen molar-refractivity contribution in [2.45, 2.75) is 13.1 Å². The van der Waals surface area contributed by atoms with Gasteiger partial charge in [-0.25, -0.2) is 9.67 Å². The van der Waals surface area contributed by atoms with E-state index in [2.05, 4.69) is 20.7 Å². The van der Waals surface area contributed by atoms with Crippen molar-refractivity contribution in [1.29, 1.82) is 0 Å². The summed E-state index contributed by atoms with van der Waals surface area (Å²) < 4.78 is 40.4. The van der Waals surface area contributed by atoms with Crippen LogP contribution in [0.2, 0.25) is 0 Å². The fraction of sp³-hybridized carbons (Fsp3) is 0.158. The minimum atomic E-state index is -4.56. The summed E-state index contributed by atoms with van der Waals surface area (Å²) in [5.74, 6) is -0.638. The molecule has 3 aromatic rings. The number of hydrogen-bond acceptors (Lipinski definition) is 5. The van der Waals surface area contributed by atoms with E-state index in [1.807, 2.05) is 0 Å². The number of Topliss-reactive ketones (excluding diaryl/α,β-unsaturated/α-hetero) is 1. The third-order valence-corrected chi connectivity index (χ3v) is 4.01. The molecule has 0 aliphatic carbocycles. The van der Waals surface area contributed by atoms with Gasteiger partial charge in [0.2, 0.25) is 5.91 Å². The Hall–Kier alpha value is -3.69. The van der Waals surface area contributed by atoms with Crippen molar-refractivity contribution in [3.05, 3.63) is 66.2 Å². The van der Waals surface area contributed by atoms with Crippen LogP contribution in [-0.2, 0) is 11.0 Å². The molecule has 0 aliphatic rings. The number of alkyl halides is 3. The zero-order valence-electron chi connectivity index (χ0n) is 15.2. The summed E-state index contributed by atoms with van der Waals surface area (Å²) in [6.07, 6.45) is -2.01. The average molecular weight is 403 g/mol. The van der Waals surface area contributed by atoms with Gasteiger partial charge in [0.05, 0.1) is 23.5 Å². The number of nitrogens with one attached hydrogen (secondary N) is 2. The molecule has 0 unspecified atom stereocenters. The lowest BCUT2D eigenvalue weighted by molar-refractivity contribution is -0.137. The molecule has 2 aromatic carbocycles. The summed E-state index contributed by atoms with van der Waals surface area (Å²) in [6, 6.07) is 9.44. The van der Waals surface area contributed by atoms with E-state index in [4.69, 9.17) is 0 Å². The first-order valence-electron chi connectivity index (χ1n) is 8.45. The number of hydrogen-bond donors (Lipinski definition) is 2. The Bertz CT molecular complexity index is 1020. The Morgan fingerprint density at radius 2 is 1.83 bits per heavy atom. The molecule has 0 aliphatic heterocycles. The van der Waals surface area contributed by atoms with Gasteiger partial charge in [0.1, 0.15) is 12.7 Å². The van der Waals surface area contributed by atoms with Crippen LogP contribution < -0.4 is 10.6 Å². The predicted molar refractivity (Wildman–Crippen MR) is 99.9 cm³/mol. The van der Waals surface area contributed by atoms with E-state index in [1.165, 1.54) is 30.3 Å². The van der Waals surface area contributed by atoms with Crippen molar-refractivity contribution in [2.24, 2.45) is 0 Å². The Kier molecular flexibility index (Phi) is 5.62. The number of halogens is 3. The van der Waals surface area contributed by atoms with Crippen LogP contribution in [0.25, 0.3) is 5.69 Å². The van der Waals surface area contributed by atoms with E-state index < -0.39 is 17.6 Å². The van der Waals surface area contributed by atoms with Crippen molar-refractivity contribution >= 4 is 23.1 Å². The van der Waals surface area contributed by atoms with Crippen LogP contribution in [0.1, 0.15) is 22.8 Å². The molecule has 1 aromatic heterocycles. The fourth-order valence-corrected chi connectivity index (χ4v) is 2.54. The van der Waals surface area contributed by atoms with E-state index in [0.717, 1.165) is 12.1 Å². The van der Waals surface area contributed by atoms with Gasteiger partial charge in [-0.05, 0) is 49.4 Å². The number of ketones is 1. The highest BCUT2D eigenvalue weighted by Gasteiger charge is 2.31. The second-order valence-corrected chi connectivity index (χ2v) is 6.11. The molecule has 150 valence electrons. The maximum Gasteiger partial charge on any atom is 0.416 e. The number of benzene rings is 2. The van der Waals surface area contributed by atoms with Gasteiger partial charge < -0.3 is 10.6 Å². The van der Waals surface area contributed by atoms with Gasteiger partial charge in [-0.1, -0.05) is 0 Å². The summed E-state index contributed by atoms with van der Waals surface area (Å²) >= 11 is 0. The van der Waals surface area contributed by atoms with Crippen LogP contribution in [0.5, 0.6) is 0 Å². The highest BCUT2D eigenvalue weighted by Crippen LogP contribution is 2.33. The maximum atomic E-state index is 13.1. The maximum absolute atomic E-state index is 13.1. The molecule has 0 bridgehead atoms. The molecular formula is C19H16F3N5O2. The van der Waals surface area contributed by atoms with Gasteiger partial charge >= 0.3 is 6.18 Å². The summed E-state index contributed by atoms with van der Waals surface area (Å²) in [4.78, 5) is 27.3. The molecule has 10 heteroatoms. The molecule has 0 saturated heterocycles. The topological polar surface area (TPSA) is 88.9 Å². The molecular weight excluding hydrogens is 387 g/mol. The first kappa shape index (κ1) is 20.1. The summed E-state index contributed by atoms with van der Waals surface area (Å²) in [6.45, 7) is 1.25. The molecule has 1 heterocycles. The zero-order chi connectivity index (χ0) is 21.0. The van der Waals surface area contributed by atoms with Crippen LogP contribution in [0.3, 0.4) is 0 Å². The average Bonchev–Trinajstić information content (AvgIpc) is 3.20. The van der Waals surface area contributed by atoms with Gasteiger partial charge in [0.25, 0.3) is 0 Å². The number of rotatable bonds is 6. The van der Waals surface area contributed by atoms with Crippen molar-refractivity contribution < 1.29 is 22.8 Å². The Morgan fingerprint density at radius 3 is 2.41 bits per heavy atom. The zero-order valence-corrected chi connectivity index (χ0v) is 15.2. The molecule has 0 fully saturated rings. The molecule has 1 amide bonds. The van der Waals surface area contributed by atoms with Gasteiger partial charge in [0, 0.05) is 11.3 Å². The first-order chi connectivity index (χ1) is 13.7. The number of amides is 1. The lowest BCUT2D eigenvalue weighted by atomic mass is 10.1. The predicted octanol–water partition coefficient (Wildman–Crippen LogP) is 3.54. The van der Waals surface area contributed by atoms with Crippen molar-refractivity contribution in [3.8, 4) is 5.69 Å². The number of aromatic nitrogens is 3. The van der Waals surface area contributed by atoms with Crippen LogP contribution in [-0.4, -0.2) is 33.0 Å². The Balaban J connectivity index is 1.75. The third kappa shape index (κ3) is 4.98. The lowest BCUT2D eigenvalue weighted by Gasteiger charge is -2.15. The smallest absolute Gasteiger partial charge is 0.376 e. The largest absolute Gasteiger partial charge is 0.416 e. The summed E-state index contributed by atoms with van der Waals surface area (Å²) in [5.41, 5.74) is 0.412. The van der Waals surface area contributed by atoms with Crippen LogP contribution >= 0.6 is 0 Å². The minimum absolute atomic E-state index is 0.0518. The fourth-order valence-electron chi connectivity index (χ4n) is 2.54. The molecule has 7 nitrogen and oxygen atoms in total. The number of anilines is 2. The second-order valence-electron chi connectivity index (χ2n) is 6.11. The Labute approximate surface area is 163 Å². The van der Waals surface area contributed by atoms with Crippen LogP contribution in [0.4, 0.5) is 24.5 Å². The lowest BCUT2D eigenvalue weighted by Crippen LogP contribution is -2.23. The number of carbonyl (C=O) groups excluding carboxylic acids is 2. The minimum Gasteiger partial charge on any atom is -0.376 e. The van der Waals surface area contributed by atoms with E-state index in [9.17, 15) is 22.8 Å². The highest BCUT2D eigenvalue weighted by atomic mass is 19.4. The van der Waals surface area contributed by atoms with Crippen LogP contribution in [0.15, 0.2) is 55.1 Å². The molecule has 0 spiro atoms. The van der Waals surface area contributed by atoms with Crippen molar-refractivity contribution in [2.75, 3.05) is 17.2 Å². The van der Waals surface area contributed by atoms with Crippen molar-refractivity contribution in [1.82, 2.24) is 14.8 Å². The normalized spacial score (nSPS) is 11.2. The van der Waals surface area contributed by atoms with E-state index >= 15 is 0 Å². The standard InChI is InChI=1S/C19H16F3N5O2/c1-12(28)13-2-5-15(6-3-13)24-9-18(29)26-16-8-14(19(20,21)22)4-7-17(16)27-11-23-10-25-27/h2-8,10-11,24H,9H2,1H3,(H,26,29). The van der Waals surface area contributed by atoms with Crippen LogP contribution in [0, 0.1) is 0 Å². The molecule has 0 saturated carbocycles. The second kappa shape index (κ2) is 8.13. The van der Waals surface area contributed by atoms with E-state index in [0.29, 0.717) is 11.3 Å². The highest BCUT2D eigenvalue weighted by molar-refractivity contribution is 5.96. The monoisotopic (exact) mass is 403 g/mol. The van der Waals surface area contributed by atoms with Gasteiger partial charge in [-0.3, -0.25) is 9.59 Å². The SMILES string of the molecule is CC(=O)c1ccc(NCC(=O)Nc2cc(C(F)(F)F)ccc2-n2cncn2)cc1. The van der Waals surface area contributed by atoms with Gasteiger partial charge in [0.15, 0.2) is 5.78 Å². The third-order valence-electron chi connectivity index (χ3n) is 4.01. The van der Waals surface area contributed by atoms with Gasteiger partial charge in [-0.15, -0.1) is 0 Å². The van der Waals surface area contributed by atoms with Crippen molar-refractivity contribution in [3.63, 3.8) is 0 Å². The molecule has 29 heavy (non-hydrogen) atoms. The molecule has 0 radical (unpaired) electrons. The Morgan fingerprint density at radius 1 is 1.10 bits per heavy atom. The molecule has 2 N–H and O–H groups in total. The summed E-state index contributed by atoms with van der Waals surface area (Å²) in [5, 5.41) is 9.21. The van der Waals surface area contributed by atoms with E-state index in [1.54, 1.807) is 24.3 Å². The van der Waals surface area contributed by atoms with E-state index in [-0.39, 0.29) is 23.7 Å². The van der Waals surface area contributed by atoms with Gasteiger partial charge in [-0.2, -0.15) is 18.3 Å². The number of nitrogens with zero attached hydrogens (tertiary/aromatic N) is 3. The first-order valence-corrected chi connectivity index (χ1v) is 8.45. The number of carbonyl (C=O) groups is 2. The molecule has 3 rings (SSSR count). The summed E-state index contributed by atoms with van der Waals surface area (Å²) in [7, 11) is 0. The molecule has 0 atom stereocenters. The quantitative estimate of drug-likeness (QED) is 0.615.